The second-order valence-electron chi connectivity index (χ2n) is 5.19. The summed E-state index contributed by atoms with van der Waals surface area (Å²) in [6, 6.07) is 8.97. The molecular formula is C16H20N2O2. The summed E-state index contributed by atoms with van der Waals surface area (Å²) in [6.07, 6.45) is 5.04. The number of carbonyl (C=O) groups is 1. The quantitative estimate of drug-likeness (QED) is 0.740. The first-order valence-electron chi connectivity index (χ1n) is 7.15. The van der Waals surface area contributed by atoms with E-state index >= 15 is 0 Å². The fraction of sp³-hybridized carbons (Fsp3) is 0.500. The van der Waals surface area contributed by atoms with Crippen LogP contribution in [0.3, 0.4) is 0 Å². The van der Waals surface area contributed by atoms with E-state index in [9.17, 15) is 4.79 Å². The highest BCUT2D eigenvalue weighted by Crippen LogP contribution is 2.32. The average Bonchev–Trinajstić information content (AvgIpc) is 3.27. The molecule has 1 fully saturated rings. The van der Waals surface area contributed by atoms with Crippen LogP contribution >= 0.6 is 0 Å². The minimum atomic E-state index is -0.0362. The molecule has 1 amide bonds. The van der Waals surface area contributed by atoms with Crippen molar-refractivity contribution >= 4 is 11.6 Å². The van der Waals surface area contributed by atoms with Gasteiger partial charge in [0.25, 0.3) is 0 Å². The molecule has 0 aromatic heterocycles. The fourth-order valence-corrected chi connectivity index (χ4v) is 1.98. The normalized spacial score (nSPS) is 13.8. The van der Waals surface area contributed by atoms with Crippen LogP contribution < -0.4 is 5.32 Å². The van der Waals surface area contributed by atoms with Crippen molar-refractivity contribution < 1.29 is 9.53 Å². The molecule has 4 nitrogen and oxygen atoms in total. The highest BCUT2D eigenvalue weighted by atomic mass is 16.5. The van der Waals surface area contributed by atoms with Crippen LogP contribution in [0.25, 0.3) is 0 Å². The largest absolute Gasteiger partial charge is 0.381 e. The first-order chi connectivity index (χ1) is 9.78. The van der Waals surface area contributed by atoms with Gasteiger partial charge in [0.15, 0.2) is 0 Å². The predicted molar refractivity (Wildman–Crippen MR) is 77.2 cm³/mol. The summed E-state index contributed by atoms with van der Waals surface area (Å²) >= 11 is 0. The number of benzene rings is 1. The molecule has 0 radical (unpaired) electrons. The SMILES string of the molecule is N#Cc1cccc(NC(=O)CCCOCCC2CC2)c1. The van der Waals surface area contributed by atoms with Gasteiger partial charge >= 0.3 is 0 Å². The van der Waals surface area contributed by atoms with Crippen LogP contribution in [-0.4, -0.2) is 19.1 Å². The maximum Gasteiger partial charge on any atom is 0.224 e. The van der Waals surface area contributed by atoms with E-state index in [1.165, 1.54) is 12.8 Å². The predicted octanol–water partition coefficient (Wildman–Crippen LogP) is 3.09. The number of hydrogen-bond donors (Lipinski definition) is 1. The highest BCUT2D eigenvalue weighted by molar-refractivity contribution is 5.90. The van der Waals surface area contributed by atoms with Gasteiger partial charge < -0.3 is 10.1 Å². The zero-order chi connectivity index (χ0) is 14.2. The van der Waals surface area contributed by atoms with Gasteiger partial charge in [-0.05, 0) is 37.0 Å². The number of nitrogens with zero attached hydrogens (tertiary/aromatic N) is 1. The average molecular weight is 272 g/mol. The Morgan fingerprint density at radius 2 is 2.25 bits per heavy atom. The summed E-state index contributed by atoms with van der Waals surface area (Å²) in [6.45, 7) is 1.45. The number of nitrogens with one attached hydrogen (secondary N) is 1. The van der Waals surface area contributed by atoms with Gasteiger partial charge in [-0.25, -0.2) is 0 Å². The molecule has 20 heavy (non-hydrogen) atoms. The van der Waals surface area contributed by atoms with Gasteiger partial charge in [0, 0.05) is 25.3 Å². The molecule has 0 atom stereocenters. The standard InChI is InChI=1S/C16H20N2O2/c17-12-14-3-1-4-15(11-14)18-16(19)5-2-9-20-10-8-13-6-7-13/h1,3-4,11,13H,2,5-10H2,(H,18,19). The number of rotatable bonds is 8. The van der Waals surface area contributed by atoms with Crippen molar-refractivity contribution in [2.24, 2.45) is 5.92 Å². The lowest BCUT2D eigenvalue weighted by Gasteiger charge is -2.06. The lowest BCUT2D eigenvalue weighted by atomic mass is 10.2. The molecule has 0 saturated heterocycles. The minimum Gasteiger partial charge on any atom is -0.381 e. The third-order valence-corrected chi connectivity index (χ3v) is 3.34. The van der Waals surface area contributed by atoms with Crippen molar-refractivity contribution in [2.45, 2.75) is 32.1 Å². The lowest BCUT2D eigenvalue weighted by Crippen LogP contribution is -2.12. The Hall–Kier alpha value is -1.86. The van der Waals surface area contributed by atoms with Crippen LogP contribution in [0.15, 0.2) is 24.3 Å². The first-order valence-corrected chi connectivity index (χ1v) is 7.15. The molecule has 1 aromatic rings. The first kappa shape index (κ1) is 14.5. The number of hydrogen-bond acceptors (Lipinski definition) is 3. The molecule has 106 valence electrons. The molecular weight excluding hydrogens is 252 g/mol. The third-order valence-electron chi connectivity index (χ3n) is 3.34. The fourth-order valence-electron chi connectivity index (χ4n) is 1.98. The summed E-state index contributed by atoms with van der Waals surface area (Å²) < 4.78 is 5.50. The molecule has 0 bridgehead atoms. The summed E-state index contributed by atoms with van der Waals surface area (Å²) in [5.74, 6) is 0.858. The molecule has 4 heteroatoms. The molecule has 1 aliphatic carbocycles. The van der Waals surface area contributed by atoms with E-state index < -0.39 is 0 Å². The zero-order valence-electron chi connectivity index (χ0n) is 11.6. The highest BCUT2D eigenvalue weighted by Gasteiger charge is 2.20. The third kappa shape index (κ3) is 5.41. The van der Waals surface area contributed by atoms with Gasteiger partial charge in [0.05, 0.1) is 11.6 Å². The van der Waals surface area contributed by atoms with Crippen LogP contribution in [-0.2, 0) is 9.53 Å². The molecule has 1 N–H and O–H groups in total. The summed E-state index contributed by atoms with van der Waals surface area (Å²) in [7, 11) is 0. The number of ether oxygens (including phenoxy) is 1. The Labute approximate surface area is 119 Å². The molecule has 1 aromatic carbocycles. The maximum absolute atomic E-state index is 11.7. The number of nitriles is 1. The second-order valence-corrected chi connectivity index (χ2v) is 5.19. The van der Waals surface area contributed by atoms with Crippen molar-refractivity contribution in [3.05, 3.63) is 29.8 Å². The Bertz CT molecular complexity index is 489. The van der Waals surface area contributed by atoms with Crippen molar-refractivity contribution in [3.8, 4) is 6.07 Å². The molecule has 1 saturated carbocycles. The van der Waals surface area contributed by atoms with E-state index in [1.807, 2.05) is 6.07 Å². The molecule has 0 heterocycles. The van der Waals surface area contributed by atoms with E-state index in [1.54, 1.807) is 24.3 Å². The van der Waals surface area contributed by atoms with E-state index in [4.69, 9.17) is 10.00 Å². The van der Waals surface area contributed by atoms with Gasteiger partial charge in [-0.15, -0.1) is 0 Å². The van der Waals surface area contributed by atoms with Crippen molar-refractivity contribution in [2.75, 3.05) is 18.5 Å². The van der Waals surface area contributed by atoms with Crippen LogP contribution in [0.4, 0.5) is 5.69 Å². The Balaban J connectivity index is 1.58. The van der Waals surface area contributed by atoms with Crippen molar-refractivity contribution in [3.63, 3.8) is 0 Å². The van der Waals surface area contributed by atoms with E-state index in [-0.39, 0.29) is 5.91 Å². The number of carbonyl (C=O) groups excluding carboxylic acids is 1. The van der Waals surface area contributed by atoms with Crippen LogP contribution in [0.5, 0.6) is 0 Å². The van der Waals surface area contributed by atoms with Crippen molar-refractivity contribution in [1.29, 1.82) is 5.26 Å². The van der Waals surface area contributed by atoms with Gasteiger partial charge in [0.1, 0.15) is 0 Å². The van der Waals surface area contributed by atoms with Gasteiger partial charge in [-0.3, -0.25) is 4.79 Å². The summed E-state index contributed by atoms with van der Waals surface area (Å²) in [5, 5.41) is 11.6. The Morgan fingerprint density at radius 1 is 1.40 bits per heavy atom. The minimum absolute atomic E-state index is 0.0362. The van der Waals surface area contributed by atoms with Gasteiger partial charge in [-0.1, -0.05) is 18.9 Å². The van der Waals surface area contributed by atoms with Gasteiger partial charge in [-0.2, -0.15) is 5.26 Å². The lowest BCUT2D eigenvalue weighted by molar-refractivity contribution is -0.116. The second kappa shape index (κ2) is 7.66. The van der Waals surface area contributed by atoms with Crippen LogP contribution in [0.2, 0.25) is 0 Å². The monoisotopic (exact) mass is 272 g/mol. The van der Waals surface area contributed by atoms with E-state index in [0.717, 1.165) is 25.4 Å². The topological polar surface area (TPSA) is 62.1 Å². The van der Waals surface area contributed by atoms with Crippen LogP contribution in [0.1, 0.15) is 37.7 Å². The molecule has 2 rings (SSSR count). The van der Waals surface area contributed by atoms with Gasteiger partial charge in [0.2, 0.25) is 5.91 Å². The Morgan fingerprint density at radius 3 is 3.00 bits per heavy atom. The number of anilines is 1. The molecule has 1 aliphatic rings. The van der Waals surface area contributed by atoms with Crippen molar-refractivity contribution in [1.82, 2.24) is 0 Å². The number of amides is 1. The van der Waals surface area contributed by atoms with E-state index in [0.29, 0.717) is 24.3 Å². The Kier molecular flexibility index (Phi) is 5.57. The molecule has 0 unspecified atom stereocenters. The van der Waals surface area contributed by atoms with E-state index in [2.05, 4.69) is 5.32 Å². The summed E-state index contributed by atoms with van der Waals surface area (Å²) in [5.41, 5.74) is 1.22. The van der Waals surface area contributed by atoms with Crippen LogP contribution in [0, 0.1) is 17.2 Å². The molecule has 0 spiro atoms. The molecule has 0 aliphatic heterocycles. The summed E-state index contributed by atoms with van der Waals surface area (Å²) in [4.78, 5) is 11.7. The maximum atomic E-state index is 11.7. The smallest absolute Gasteiger partial charge is 0.224 e. The zero-order valence-corrected chi connectivity index (χ0v) is 11.6.